The third kappa shape index (κ3) is 4.38. The van der Waals surface area contributed by atoms with E-state index < -0.39 is 10.0 Å². The summed E-state index contributed by atoms with van der Waals surface area (Å²) in [6.07, 6.45) is 1.69. The average Bonchev–Trinajstić information content (AvgIpc) is 3.09. The van der Waals surface area contributed by atoms with E-state index in [0.717, 1.165) is 12.8 Å². The predicted octanol–water partition coefficient (Wildman–Crippen LogP) is 0.978. The molecule has 0 saturated carbocycles. The van der Waals surface area contributed by atoms with Gasteiger partial charge in [-0.2, -0.15) is 4.31 Å². The molecule has 1 amide bonds. The number of nitrogens with one attached hydrogen (secondary N) is 1. The molecular weight excluding hydrogens is 354 g/mol. The van der Waals surface area contributed by atoms with Gasteiger partial charge in [0.15, 0.2) is 0 Å². The lowest BCUT2D eigenvalue weighted by atomic mass is 10.2. The summed E-state index contributed by atoms with van der Waals surface area (Å²) in [7, 11) is -2.26. The van der Waals surface area contributed by atoms with Crippen LogP contribution in [0.1, 0.15) is 30.1 Å². The maximum absolute atomic E-state index is 12.8. The minimum Gasteiger partial charge on any atom is -0.495 e. The van der Waals surface area contributed by atoms with Crippen LogP contribution < -0.4 is 15.8 Å². The molecule has 1 aromatic carbocycles. The smallest absolute Gasteiger partial charge is 0.251 e. The Kier molecular flexibility index (Phi) is 7.47. The molecule has 1 heterocycles. The highest BCUT2D eigenvalue weighted by Crippen LogP contribution is 2.29. The van der Waals surface area contributed by atoms with Crippen LogP contribution in [0.3, 0.4) is 0 Å². The molecule has 0 unspecified atom stereocenters. The molecule has 9 heteroatoms. The summed E-state index contributed by atoms with van der Waals surface area (Å²) in [5, 5.41) is 2.72. The van der Waals surface area contributed by atoms with Gasteiger partial charge in [0.2, 0.25) is 10.0 Å². The first-order chi connectivity index (χ1) is 10.9. The van der Waals surface area contributed by atoms with Crippen molar-refractivity contribution in [3.63, 3.8) is 0 Å². The summed E-state index contributed by atoms with van der Waals surface area (Å²) < 4.78 is 32.1. The number of ether oxygens (including phenoxy) is 1. The topological polar surface area (TPSA) is 102 Å². The van der Waals surface area contributed by atoms with Gasteiger partial charge in [-0.1, -0.05) is 0 Å². The van der Waals surface area contributed by atoms with Crippen LogP contribution in [0.25, 0.3) is 0 Å². The Morgan fingerprint density at radius 2 is 2.00 bits per heavy atom. The first-order valence-electron chi connectivity index (χ1n) is 7.59. The highest BCUT2D eigenvalue weighted by molar-refractivity contribution is 7.89. The van der Waals surface area contributed by atoms with Crippen molar-refractivity contribution in [3.05, 3.63) is 23.8 Å². The Labute approximate surface area is 149 Å². The summed E-state index contributed by atoms with van der Waals surface area (Å²) in [5.74, 6) is -0.121. The van der Waals surface area contributed by atoms with E-state index in [0.29, 0.717) is 19.6 Å². The highest BCUT2D eigenvalue weighted by Gasteiger charge is 2.30. The van der Waals surface area contributed by atoms with Gasteiger partial charge in [0, 0.05) is 31.2 Å². The van der Waals surface area contributed by atoms with Gasteiger partial charge in [-0.05, 0) is 38.0 Å². The summed E-state index contributed by atoms with van der Waals surface area (Å²) in [5.41, 5.74) is 5.76. The van der Waals surface area contributed by atoms with Crippen LogP contribution in [0.5, 0.6) is 5.75 Å². The van der Waals surface area contributed by atoms with Gasteiger partial charge < -0.3 is 15.8 Å². The Morgan fingerprint density at radius 3 is 2.54 bits per heavy atom. The van der Waals surface area contributed by atoms with E-state index in [4.69, 9.17) is 10.5 Å². The molecule has 7 nitrogen and oxygen atoms in total. The Morgan fingerprint density at radius 1 is 1.38 bits per heavy atom. The van der Waals surface area contributed by atoms with Gasteiger partial charge in [0.05, 0.1) is 7.11 Å². The first kappa shape index (κ1) is 20.7. The second kappa shape index (κ2) is 8.66. The lowest BCUT2D eigenvalue weighted by Crippen LogP contribution is -2.38. The fraction of sp³-hybridized carbons (Fsp3) is 0.533. The van der Waals surface area contributed by atoms with Crippen LogP contribution in [0.2, 0.25) is 0 Å². The molecule has 1 aliphatic rings. The molecule has 1 fully saturated rings. The predicted molar refractivity (Wildman–Crippen MR) is 94.2 cm³/mol. The molecule has 3 N–H and O–H groups in total. The van der Waals surface area contributed by atoms with Crippen molar-refractivity contribution >= 4 is 28.3 Å². The molecule has 0 aliphatic carbocycles. The van der Waals surface area contributed by atoms with Gasteiger partial charge in [-0.15, -0.1) is 12.4 Å². The van der Waals surface area contributed by atoms with Gasteiger partial charge in [-0.25, -0.2) is 8.42 Å². The number of benzene rings is 1. The largest absolute Gasteiger partial charge is 0.495 e. The van der Waals surface area contributed by atoms with E-state index in [1.165, 1.54) is 23.5 Å². The van der Waals surface area contributed by atoms with Crippen LogP contribution in [-0.2, 0) is 10.0 Å². The maximum atomic E-state index is 12.8. The number of methoxy groups -OCH3 is 1. The number of sulfonamides is 1. The molecule has 0 bridgehead atoms. The third-order valence-corrected chi connectivity index (χ3v) is 5.76. The monoisotopic (exact) mass is 377 g/mol. The first-order valence-corrected chi connectivity index (χ1v) is 9.03. The fourth-order valence-electron chi connectivity index (χ4n) is 2.45. The lowest BCUT2D eigenvalue weighted by Gasteiger charge is -2.18. The summed E-state index contributed by atoms with van der Waals surface area (Å²) >= 11 is 0. The quantitative estimate of drug-likeness (QED) is 0.769. The van der Waals surface area contributed by atoms with Gasteiger partial charge in [-0.3, -0.25) is 4.79 Å². The number of hydrogen-bond donors (Lipinski definition) is 2. The zero-order chi connectivity index (χ0) is 17.0. The van der Waals surface area contributed by atoms with Gasteiger partial charge in [0.25, 0.3) is 5.91 Å². The molecule has 136 valence electrons. The molecule has 0 radical (unpaired) electrons. The van der Waals surface area contributed by atoms with Gasteiger partial charge >= 0.3 is 0 Å². The zero-order valence-corrected chi connectivity index (χ0v) is 15.5. The van der Waals surface area contributed by atoms with Crippen LogP contribution in [0, 0.1) is 0 Å². The van der Waals surface area contributed by atoms with E-state index in [2.05, 4.69) is 5.32 Å². The average molecular weight is 378 g/mol. The highest BCUT2D eigenvalue weighted by atomic mass is 35.5. The minimum atomic E-state index is -3.67. The summed E-state index contributed by atoms with van der Waals surface area (Å²) in [6.45, 7) is 3.07. The molecule has 2 rings (SSSR count). The van der Waals surface area contributed by atoms with Crippen LogP contribution in [0.15, 0.2) is 23.1 Å². The van der Waals surface area contributed by atoms with E-state index in [9.17, 15) is 13.2 Å². The van der Waals surface area contributed by atoms with Crippen molar-refractivity contribution in [1.82, 2.24) is 9.62 Å². The van der Waals surface area contributed by atoms with Crippen molar-refractivity contribution in [2.45, 2.75) is 30.7 Å². The number of rotatable bonds is 6. The molecule has 1 aromatic rings. The second-order valence-electron chi connectivity index (χ2n) is 5.59. The van der Waals surface area contributed by atoms with Crippen molar-refractivity contribution in [2.24, 2.45) is 5.73 Å². The second-order valence-corrected chi connectivity index (χ2v) is 7.49. The number of nitrogens with zero attached hydrogens (tertiary/aromatic N) is 1. The third-order valence-electron chi connectivity index (χ3n) is 3.84. The maximum Gasteiger partial charge on any atom is 0.251 e. The molecule has 0 spiro atoms. The number of carbonyl (C=O) groups excluding carboxylic acids is 1. The molecule has 1 saturated heterocycles. The number of carbonyl (C=O) groups is 1. The molecule has 0 aromatic heterocycles. The number of nitrogens with two attached hydrogens (primary N) is 1. The fourth-order valence-corrected chi connectivity index (χ4v) is 4.15. The molecule has 1 atom stereocenters. The SMILES string of the molecule is COc1ccc(C(=O)N[C@@H](C)CN)cc1S(=O)(=O)N1CCCC1.Cl. The van der Waals surface area contributed by atoms with Crippen molar-refractivity contribution < 1.29 is 17.9 Å². The van der Waals surface area contributed by atoms with Crippen molar-refractivity contribution in [3.8, 4) is 5.75 Å². The Hall–Kier alpha value is -1.35. The van der Waals surface area contributed by atoms with Crippen LogP contribution in [0.4, 0.5) is 0 Å². The molecular formula is C15H24ClN3O4S. The van der Waals surface area contributed by atoms with E-state index >= 15 is 0 Å². The van der Waals surface area contributed by atoms with Gasteiger partial charge in [0.1, 0.15) is 10.6 Å². The summed E-state index contributed by atoms with van der Waals surface area (Å²) in [4.78, 5) is 12.2. The Balaban J connectivity index is 0.00000288. The number of halogens is 1. The van der Waals surface area contributed by atoms with E-state index in [-0.39, 0.29) is 40.6 Å². The van der Waals surface area contributed by atoms with Crippen molar-refractivity contribution in [1.29, 1.82) is 0 Å². The minimum absolute atomic E-state index is 0. The van der Waals surface area contributed by atoms with Crippen LogP contribution in [-0.4, -0.2) is 51.4 Å². The Bertz CT molecular complexity index is 675. The number of amides is 1. The molecule has 1 aliphatic heterocycles. The van der Waals surface area contributed by atoms with Crippen molar-refractivity contribution in [2.75, 3.05) is 26.7 Å². The number of hydrogen-bond acceptors (Lipinski definition) is 5. The standard InChI is InChI=1S/C15H23N3O4S.ClH/c1-11(10-16)17-15(19)12-5-6-13(22-2)14(9-12)23(20,21)18-7-3-4-8-18;/h5-6,9,11H,3-4,7-8,10,16H2,1-2H3,(H,17,19);1H/t11-;/m0./s1. The normalized spacial score (nSPS) is 16.3. The summed E-state index contributed by atoms with van der Waals surface area (Å²) in [6, 6.07) is 4.22. The zero-order valence-electron chi connectivity index (χ0n) is 13.8. The molecule has 24 heavy (non-hydrogen) atoms. The van der Waals surface area contributed by atoms with Crippen LogP contribution >= 0.6 is 12.4 Å². The lowest BCUT2D eigenvalue weighted by molar-refractivity contribution is 0.0941. The van der Waals surface area contributed by atoms with E-state index in [1.807, 2.05) is 0 Å². The van der Waals surface area contributed by atoms with E-state index in [1.54, 1.807) is 13.0 Å².